The first-order valence-corrected chi connectivity index (χ1v) is 13.3. The number of aliphatic hydroxyl groups is 2. The van der Waals surface area contributed by atoms with E-state index in [1.165, 1.54) is 36.4 Å². The molecule has 0 radical (unpaired) electrons. The molecule has 0 bridgehead atoms. The molecule has 0 aromatic heterocycles. The molecule has 12 nitrogen and oxygen atoms in total. The van der Waals surface area contributed by atoms with Crippen LogP contribution in [0.4, 0.5) is 0 Å². The number of aromatic hydroxyl groups is 3. The number of esters is 2. The molecular weight excluding hydrogens is 576 g/mol. The summed E-state index contributed by atoms with van der Waals surface area (Å²) >= 11 is 0. The molecule has 5 N–H and O–H groups in total. The van der Waals surface area contributed by atoms with Gasteiger partial charge in [-0.3, -0.25) is 9.59 Å². The van der Waals surface area contributed by atoms with Crippen molar-refractivity contribution < 1.29 is 58.9 Å². The first-order valence-electron chi connectivity index (χ1n) is 13.3. The summed E-state index contributed by atoms with van der Waals surface area (Å²) in [5, 5.41) is 51.9. The van der Waals surface area contributed by atoms with Gasteiger partial charge in [0.2, 0.25) is 12.0 Å². The summed E-state index contributed by atoms with van der Waals surface area (Å²) < 4.78 is 21.5. The normalized spacial score (nSPS) is 21.7. The molecule has 0 amide bonds. The van der Waals surface area contributed by atoms with Gasteiger partial charge in [-0.15, -0.1) is 0 Å². The molecule has 0 aliphatic carbocycles. The van der Waals surface area contributed by atoms with Crippen LogP contribution in [0.3, 0.4) is 0 Å². The summed E-state index contributed by atoms with van der Waals surface area (Å²) in [5.74, 6) is -4.30. The Morgan fingerprint density at radius 3 is 2.16 bits per heavy atom. The Balaban J connectivity index is 1.48. The summed E-state index contributed by atoms with van der Waals surface area (Å²) in [7, 11) is 0. The van der Waals surface area contributed by atoms with Crippen LogP contribution in [0.25, 0.3) is 12.2 Å². The molecule has 44 heavy (non-hydrogen) atoms. The smallest absolute Gasteiger partial charge is 0.330 e. The standard InChI is InChI=1S/C32H30O12/c1-18(33)42-31-30(40)29(39)25(17-41-26(36)16-10-19-5-3-2-4-6-19)44-32(31)43-24-15-13-22(27(37)28(24)38)23(35)14-9-20-7-11-21(34)12-8-20/h2-16,25,29-32,34,37-40H,17H2,1H3. The van der Waals surface area contributed by atoms with Crippen molar-refractivity contribution in [3.8, 4) is 23.0 Å². The minimum atomic E-state index is -1.76. The van der Waals surface area contributed by atoms with E-state index in [2.05, 4.69) is 0 Å². The summed E-state index contributed by atoms with van der Waals surface area (Å²) in [6.07, 6.45) is -2.75. The maximum absolute atomic E-state index is 12.7. The quantitative estimate of drug-likeness (QED) is 0.0984. The lowest BCUT2D eigenvalue weighted by molar-refractivity contribution is -0.282. The highest BCUT2D eigenvalue weighted by molar-refractivity contribution is 6.09. The van der Waals surface area contributed by atoms with E-state index in [0.717, 1.165) is 24.6 Å². The zero-order valence-corrected chi connectivity index (χ0v) is 23.3. The number of phenolic OH excluding ortho intramolecular Hbond substituents is 3. The molecule has 5 atom stereocenters. The van der Waals surface area contributed by atoms with E-state index in [1.807, 2.05) is 6.07 Å². The highest BCUT2D eigenvalue weighted by atomic mass is 16.7. The number of benzene rings is 3. The van der Waals surface area contributed by atoms with Crippen molar-refractivity contribution in [3.63, 3.8) is 0 Å². The van der Waals surface area contributed by atoms with Crippen LogP contribution < -0.4 is 4.74 Å². The van der Waals surface area contributed by atoms with Gasteiger partial charge in [-0.2, -0.15) is 0 Å². The fraction of sp³-hybridized carbons (Fsp3) is 0.219. The van der Waals surface area contributed by atoms with Crippen LogP contribution in [0.1, 0.15) is 28.4 Å². The Morgan fingerprint density at radius 2 is 1.48 bits per heavy atom. The van der Waals surface area contributed by atoms with Gasteiger partial charge in [-0.1, -0.05) is 48.5 Å². The third-order valence-electron chi connectivity index (χ3n) is 6.49. The second-order valence-corrected chi connectivity index (χ2v) is 9.69. The lowest BCUT2D eigenvalue weighted by Gasteiger charge is -2.41. The second kappa shape index (κ2) is 14.3. The Kier molecular flexibility index (Phi) is 10.3. The number of rotatable bonds is 10. The number of carbonyl (C=O) groups is 3. The fourth-order valence-corrected chi connectivity index (χ4v) is 4.22. The zero-order valence-electron chi connectivity index (χ0n) is 23.3. The number of phenols is 3. The van der Waals surface area contributed by atoms with Gasteiger partial charge in [0.1, 0.15) is 30.7 Å². The van der Waals surface area contributed by atoms with E-state index in [-0.39, 0.29) is 11.3 Å². The van der Waals surface area contributed by atoms with Crippen LogP contribution in [0.15, 0.2) is 78.9 Å². The molecule has 3 aromatic rings. The third kappa shape index (κ3) is 8.01. The van der Waals surface area contributed by atoms with E-state index in [9.17, 15) is 39.9 Å². The van der Waals surface area contributed by atoms with Crippen molar-refractivity contribution in [2.75, 3.05) is 6.61 Å². The van der Waals surface area contributed by atoms with Crippen molar-refractivity contribution in [1.29, 1.82) is 0 Å². The molecule has 12 heteroatoms. The number of hydrogen-bond donors (Lipinski definition) is 5. The number of hydrogen-bond acceptors (Lipinski definition) is 12. The summed E-state index contributed by atoms with van der Waals surface area (Å²) in [4.78, 5) is 36.6. The predicted molar refractivity (Wildman–Crippen MR) is 155 cm³/mol. The van der Waals surface area contributed by atoms with Crippen LogP contribution in [-0.4, -0.2) is 80.6 Å². The molecule has 5 unspecified atom stereocenters. The Bertz CT molecular complexity index is 1530. The van der Waals surface area contributed by atoms with E-state index in [4.69, 9.17) is 18.9 Å². The largest absolute Gasteiger partial charge is 0.508 e. The topological polar surface area (TPSA) is 189 Å². The third-order valence-corrected chi connectivity index (χ3v) is 6.49. The van der Waals surface area contributed by atoms with Gasteiger partial charge in [0.15, 0.2) is 23.4 Å². The summed E-state index contributed by atoms with van der Waals surface area (Å²) in [6, 6.07) is 17.3. The molecule has 230 valence electrons. The van der Waals surface area contributed by atoms with Crippen molar-refractivity contribution in [1.82, 2.24) is 0 Å². The molecule has 1 aliphatic rings. The molecule has 3 aromatic carbocycles. The van der Waals surface area contributed by atoms with Gasteiger partial charge in [0.05, 0.1) is 5.56 Å². The first-order chi connectivity index (χ1) is 21.0. The Hall–Kier alpha value is -5.17. The maximum Gasteiger partial charge on any atom is 0.330 e. The molecule has 0 spiro atoms. The van der Waals surface area contributed by atoms with Crippen molar-refractivity contribution in [2.45, 2.75) is 37.6 Å². The van der Waals surface area contributed by atoms with Crippen LogP contribution in [0.5, 0.6) is 23.0 Å². The highest BCUT2D eigenvalue weighted by Crippen LogP contribution is 2.40. The van der Waals surface area contributed by atoms with Crippen LogP contribution in [0.2, 0.25) is 0 Å². The molecule has 1 aliphatic heterocycles. The number of aliphatic hydroxyl groups excluding tert-OH is 2. The number of allylic oxidation sites excluding steroid dienone is 1. The minimum Gasteiger partial charge on any atom is -0.508 e. The van der Waals surface area contributed by atoms with E-state index >= 15 is 0 Å². The van der Waals surface area contributed by atoms with Gasteiger partial charge in [0, 0.05) is 13.0 Å². The molecule has 0 saturated carbocycles. The fourth-order valence-electron chi connectivity index (χ4n) is 4.22. The monoisotopic (exact) mass is 606 g/mol. The van der Waals surface area contributed by atoms with Crippen molar-refractivity contribution >= 4 is 29.9 Å². The minimum absolute atomic E-state index is 0.0508. The number of ketones is 1. The SMILES string of the molecule is CC(=O)OC1C(Oc2ccc(C(=O)C=Cc3ccc(O)cc3)c(O)c2O)OC(COC(=O)C=Cc2ccccc2)C(O)C1O. The van der Waals surface area contributed by atoms with E-state index in [1.54, 1.807) is 36.4 Å². The molecule has 1 fully saturated rings. The van der Waals surface area contributed by atoms with Crippen molar-refractivity contribution in [3.05, 3.63) is 95.6 Å². The van der Waals surface area contributed by atoms with Gasteiger partial charge in [0.25, 0.3) is 0 Å². The van der Waals surface area contributed by atoms with Crippen LogP contribution in [0, 0.1) is 0 Å². The molecule has 4 rings (SSSR count). The van der Waals surface area contributed by atoms with Gasteiger partial charge in [-0.25, -0.2) is 4.79 Å². The van der Waals surface area contributed by atoms with E-state index < -0.39 is 72.3 Å². The number of carbonyl (C=O) groups excluding carboxylic acids is 3. The van der Waals surface area contributed by atoms with Gasteiger partial charge >= 0.3 is 11.9 Å². The van der Waals surface area contributed by atoms with Gasteiger partial charge < -0.3 is 44.5 Å². The molecule has 1 saturated heterocycles. The lowest BCUT2D eigenvalue weighted by Crippen LogP contribution is -2.61. The van der Waals surface area contributed by atoms with Crippen LogP contribution >= 0.6 is 0 Å². The summed E-state index contributed by atoms with van der Waals surface area (Å²) in [6.45, 7) is 0.527. The molecular formula is C32H30O12. The van der Waals surface area contributed by atoms with Crippen molar-refractivity contribution in [2.24, 2.45) is 0 Å². The van der Waals surface area contributed by atoms with E-state index in [0.29, 0.717) is 5.56 Å². The second-order valence-electron chi connectivity index (χ2n) is 9.69. The zero-order chi connectivity index (χ0) is 31.8. The first kappa shape index (κ1) is 31.8. The maximum atomic E-state index is 12.7. The molecule has 1 heterocycles. The lowest BCUT2D eigenvalue weighted by atomic mass is 9.99. The van der Waals surface area contributed by atoms with Gasteiger partial charge in [-0.05, 0) is 47.5 Å². The Morgan fingerprint density at radius 1 is 0.818 bits per heavy atom. The summed E-state index contributed by atoms with van der Waals surface area (Å²) in [5.41, 5.74) is 1.07. The average Bonchev–Trinajstić information content (AvgIpc) is 3.01. The average molecular weight is 607 g/mol. The number of ether oxygens (including phenoxy) is 4. The Labute approximate surface area is 251 Å². The highest BCUT2D eigenvalue weighted by Gasteiger charge is 2.48. The van der Waals surface area contributed by atoms with Crippen LogP contribution in [-0.2, 0) is 23.8 Å². The predicted octanol–water partition coefficient (Wildman–Crippen LogP) is 2.71.